The van der Waals surface area contributed by atoms with Crippen molar-refractivity contribution < 1.29 is 19.1 Å². The van der Waals surface area contributed by atoms with Gasteiger partial charge in [0.05, 0.1) is 20.3 Å². The number of carbonyl (C=O) groups is 2. The molecular formula is C10H18N2O4. The number of hydrogen-bond acceptors (Lipinski definition) is 4. The number of methoxy groups -OCH3 is 1. The molecule has 0 aromatic rings. The van der Waals surface area contributed by atoms with Gasteiger partial charge >= 0.3 is 12.0 Å². The van der Waals surface area contributed by atoms with E-state index in [1.54, 1.807) is 11.9 Å². The average molecular weight is 230 g/mol. The standard InChI is InChI=1S/C10H18N2O4/c1-4-11(2)10(14)12-5-6-16-7-8(12)9(13)15-3/h8H,4-7H2,1-3H3. The van der Waals surface area contributed by atoms with Gasteiger partial charge in [0.2, 0.25) is 0 Å². The minimum absolute atomic E-state index is 0.166. The smallest absolute Gasteiger partial charge is 0.331 e. The number of rotatable bonds is 2. The Hall–Kier alpha value is -1.30. The van der Waals surface area contributed by atoms with Gasteiger partial charge < -0.3 is 19.3 Å². The zero-order valence-corrected chi connectivity index (χ0v) is 9.93. The first-order chi connectivity index (χ1) is 7.61. The number of morpholine rings is 1. The fraction of sp³-hybridized carbons (Fsp3) is 0.800. The van der Waals surface area contributed by atoms with Crippen LogP contribution in [0.4, 0.5) is 4.79 Å². The van der Waals surface area contributed by atoms with E-state index in [1.165, 1.54) is 12.0 Å². The molecule has 1 heterocycles. The lowest BCUT2D eigenvalue weighted by atomic mass is 10.2. The van der Waals surface area contributed by atoms with Crippen molar-refractivity contribution in [3.05, 3.63) is 0 Å². The molecule has 6 nitrogen and oxygen atoms in total. The van der Waals surface area contributed by atoms with Crippen LogP contribution < -0.4 is 0 Å². The van der Waals surface area contributed by atoms with Crippen LogP contribution in [0.3, 0.4) is 0 Å². The molecule has 0 aliphatic carbocycles. The zero-order valence-electron chi connectivity index (χ0n) is 9.93. The lowest BCUT2D eigenvalue weighted by Crippen LogP contribution is -2.56. The molecule has 1 aliphatic rings. The summed E-state index contributed by atoms with van der Waals surface area (Å²) in [5.41, 5.74) is 0. The zero-order chi connectivity index (χ0) is 12.1. The maximum Gasteiger partial charge on any atom is 0.331 e. The highest BCUT2D eigenvalue weighted by Crippen LogP contribution is 2.11. The van der Waals surface area contributed by atoms with Gasteiger partial charge in [-0.25, -0.2) is 9.59 Å². The number of hydrogen-bond donors (Lipinski definition) is 0. The SMILES string of the molecule is CCN(C)C(=O)N1CCOCC1C(=O)OC. The predicted molar refractivity (Wildman–Crippen MR) is 57.0 cm³/mol. The second-order valence-corrected chi connectivity index (χ2v) is 3.60. The van der Waals surface area contributed by atoms with Crippen LogP contribution in [-0.2, 0) is 14.3 Å². The van der Waals surface area contributed by atoms with Gasteiger partial charge in [-0.2, -0.15) is 0 Å². The third kappa shape index (κ3) is 2.63. The maximum atomic E-state index is 11.9. The van der Waals surface area contributed by atoms with E-state index in [0.717, 1.165) is 0 Å². The molecule has 2 amide bonds. The largest absolute Gasteiger partial charge is 0.467 e. The van der Waals surface area contributed by atoms with Crippen LogP contribution in [0.1, 0.15) is 6.92 Å². The summed E-state index contributed by atoms with van der Waals surface area (Å²) < 4.78 is 9.84. The monoisotopic (exact) mass is 230 g/mol. The number of ether oxygens (including phenoxy) is 2. The highest BCUT2D eigenvalue weighted by atomic mass is 16.5. The Morgan fingerprint density at radius 3 is 2.81 bits per heavy atom. The van der Waals surface area contributed by atoms with E-state index in [1.807, 2.05) is 6.92 Å². The number of urea groups is 1. The van der Waals surface area contributed by atoms with Crippen molar-refractivity contribution in [2.45, 2.75) is 13.0 Å². The first-order valence-corrected chi connectivity index (χ1v) is 5.29. The van der Waals surface area contributed by atoms with E-state index < -0.39 is 12.0 Å². The normalized spacial score (nSPS) is 20.4. The van der Waals surface area contributed by atoms with Gasteiger partial charge in [0.1, 0.15) is 0 Å². The summed E-state index contributed by atoms with van der Waals surface area (Å²) in [5.74, 6) is -0.433. The summed E-state index contributed by atoms with van der Waals surface area (Å²) in [6.07, 6.45) is 0. The summed E-state index contributed by atoms with van der Waals surface area (Å²) in [5, 5.41) is 0. The molecule has 92 valence electrons. The molecule has 1 fully saturated rings. The topological polar surface area (TPSA) is 59.1 Å². The summed E-state index contributed by atoms with van der Waals surface area (Å²) in [7, 11) is 3.01. The summed E-state index contributed by atoms with van der Waals surface area (Å²) in [4.78, 5) is 26.5. The van der Waals surface area contributed by atoms with E-state index in [9.17, 15) is 9.59 Å². The molecule has 1 unspecified atom stereocenters. The Morgan fingerprint density at radius 1 is 1.56 bits per heavy atom. The Balaban J connectivity index is 2.73. The lowest BCUT2D eigenvalue weighted by Gasteiger charge is -2.35. The average Bonchev–Trinajstić information content (AvgIpc) is 2.35. The van der Waals surface area contributed by atoms with Gasteiger partial charge in [-0.1, -0.05) is 0 Å². The molecule has 0 saturated carbocycles. The van der Waals surface area contributed by atoms with Crippen LogP contribution in [0.25, 0.3) is 0 Å². The molecule has 0 radical (unpaired) electrons. The Kier molecular flexibility index (Phi) is 4.54. The molecule has 0 bridgehead atoms. The van der Waals surface area contributed by atoms with Crippen LogP contribution in [0.15, 0.2) is 0 Å². The van der Waals surface area contributed by atoms with Crippen molar-refractivity contribution >= 4 is 12.0 Å². The van der Waals surface area contributed by atoms with Crippen molar-refractivity contribution in [1.29, 1.82) is 0 Å². The van der Waals surface area contributed by atoms with E-state index in [0.29, 0.717) is 19.7 Å². The molecule has 1 saturated heterocycles. The maximum absolute atomic E-state index is 11.9. The molecule has 1 aliphatic heterocycles. The van der Waals surface area contributed by atoms with E-state index in [2.05, 4.69) is 4.74 Å². The van der Waals surface area contributed by atoms with Crippen molar-refractivity contribution in [2.24, 2.45) is 0 Å². The molecule has 1 rings (SSSR count). The van der Waals surface area contributed by atoms with Crippen LogP contribution in [0.5, 0.6) is 0 Å². The highest BCUT2D eigenvalue weighted by Gasteiger charge is 2.34. The Bertz CT molecular complexity index is 270. The second kappa shape index (κ2) is 5.69. The number of nitrogens with zero attached hydrogens (tertiary/aromatic N) is 2. The Morgan fingerprint density at radius 2 is 2.25 bits per heavy atom. The third-order valence-corrected chi connectivity index (χ3v) is 2.65. The van der Waals surface area contributed by atoms with Crippen molar-refractivity contribution in [3.63, 3.8) is 0 Å². The fourth-order valence-electron chi connectivity index (χ4n) is 1.52. The third-order valence-electron chi connectivity index (χ3n) is 2.65. The fourth-order valence-corrected chi connectivity index (χ4v) is 1.52. The lowest BCUT2D eigenvalue weighted by molar-refractivity contribution is -0.151. The summed E-state index contributed by atoms with van der Waals surface area (Å²) >= 11 is 0. The predicted octanol–water partition coefficient (Wildman–Crippen LogP) is -0.0681. The van der Waals surface area contributed by atoms with Crippen LogP contribution in [-0.4, -0.2) is 68.3 Å². The van der Waals surface area contributed by atoms with Crippen LogP contribution >= 0.6 is 0 Å². The first kappa shape index (κ1) is 12.8. The summed E-state index contributed by atoms with van der Waals surface area (Å²) in [6.45, 7) is 3.56. The van der Waals surface area contributed by atoms with Gasteiger partial charge in [-0.05, 0) is 6.92 Å². The number of carbonyl (C=O) groups excluding carboxylic acids is 2. The minimum Gasteiger partial charge on any atom is -0.467 e. The van der Waals surface area contributed by atoms with Gasteiger partial charge in [-0.15, -0.1) is 0 Å². The van der Waals surface area contributed by atoms with Crippen molar-refractivity contribution in [1.82, 2.24) is 9.80 Å². The minimum atomic E-state index is -0.625. The molecule has 16 heavy (non-hydrogen) atoms. The van der Waals surface area contributed by atoms with Crippen molar-refractivity contribution in [2.75, 3.05) is 40.5 Å². The number of amides is 2. The first-order valence-electron chi connectivity index (χ1n) is 5.29. The molecule has 0 N–H and O–H groups in total. The molecular weight excluding hydrogens is 212 g/mol. The van der Waals surface area contributed by atoms with Gasteiger partial charge in [0.25, 0.3) is 0 Å². The Labute approximate surface area is 95.1 Å². The van der Waals surface area contributed by atoms with Crippen LogP contribution in [0.2, 0.25) is 0 Å². The van der Waals surface area contributed by atoms with Gasteiger partial charge in [0, 0.05) is 20.1 Å². The highest BCUT2D eigenvalue weighted by molar-refractivity contribution is 5.83. The van der Waals surface area contributed by atoms with E-state index >= 15 is 0 Å². The van der Waals surface area contributed by atoms with E-state index in [4.69, 9.17) is 4.74 Å². The molecule has 6 heteroatoms. The summed E-state index contributed by atoms with van der Waals surface area (Å²) in [6, 6.07) is -0.790. The van der Waals surface area contributed by atoms with Crippen LogP contribution in [0, 0.1) is 0 Å². The van der Waals surface area contributed by atoms with Gasteiger partial charge in [-0.3, -0.25) is 0 Å². The van der Waals surface area contributed by atoms with Crippen molar-refractivity contribution in [3.8, 4) is 0 Å². The number of esters is 1. The quantitative estimate of drug-likeness (QED) is 0.623. The second-order valence-electron chi connectivity index (χ2n) is 3.60. The van der Waals surface area contributed by atoms with E-state index in [-0.39, 0.29) is 12.6 Å². The molecule has 0 aromatic heterocycles. The molecule has 0 aromatic carbocycles. The molecule has 0 spiro atoms. The molecule has 1 atom stereocenters. The van der Waals surface area contributed by atoms with Gasteiger partial charge in [0.15, 0.2) is 6.04 Å².